The molecular weight excluding hydrogens is 1330 g/mol. The summed E-state index contributed by atoms with van der Waals surface area (Å²) >= 11 is 24.6. The second kappa shape index (κ2) is 31.8. The Kier molecular flexibility index (Phi) is 25.9. The number of esters is 1. The van der Waals surface area contributed by atoms with Crippen LogP contribution in [0.25, 0.3) is 0 Å². The molecule has 0 aliphatic rings. The number of halogens is 4. The van der Waals surface area contributed by atoms with Gasteiger partial charge in [0.15, 0.2) is 29.5 Å². The summed E-state index contributed by atoms with van der Waals surface area (Å²) in [7, 11) is -5.81. The van der Waals surface area contributed by atoms with Crippen LogP contribution < -0.4 is 15.9 Å². The lowest BCUT2D eigenvalue weighted by Gasteiger charge is -2.14. The van der Waals surface area contributed by atoms with Gasteiger partial charge in [0.25, 0.3) is 16.4 Å². The Labute approximate surface area is 553 Å². The maximum absolute atomic E-state index is 13.0. The summed E-state index contributed by atoms with van der Waals surface area (Å²) in [5.41, 5.74) is 5.28. The van der Waals surface area contributed by atoms with Gasteiger partial charge in [0.1, 0.15) is 5.56 Å². The van der Waals surface area contributed by atoms with E-state index in [0.717, 1.165) is 41.2 Å². The quantitative estimate of drug-likeness (QED) is 0.0490. The van der Waals surface area contributed by atoms with E-state index in [1.807, 2.05) is 27.7 Å². The van der Waals surface area contributed by atoms with Crippen molar-refractivity contribution in [2.75, 3.05) is 38.4 Å². The first-order chi connectivity index (χ1) is 42.8. The van der Waals surface area contributed by atoms with Gasteiger partial charge in [-0.05, 0) is 126 Å². The fraction of sp³-hybridized carbons (Fsp3) is 0.350. The molecule has 0 aliphatic carbocycles. The molecule has 9 rings (SSSR count). The van der Waals surface area contributed by atoms with Crippen LogP contribution in [0.3, 0.4) is 0 Å². The topological polar surface area (TPSA) is 313 Å². The van der Waals surface area contributed by atoms with Crippen LogP contribution in [0, 0.1) is 41.5 Å². The van der Waals surface area contributed by atoms with Gasteiger partial charge in [0.2, 0.25) is 11.7 Å². The maximum atomic E-state index is 13.0. The summed E-state index contributed by atoms with van der Waals surface area (Å²) in [4.78, 5) is 62.3. The molecule has 0 amide bonds. The Balaban J connectivity index is 0.000000226. The average Bonchev–Trinajstić information content (AvgIpc) is 1.09. The number of ether oxygens (including phenoxy) is 1. The van der Waals surface area contributed by atoms with Gasteiger partial charge < -0.3 is 14.7 Å². The number of aryl methyl sites for hydroxylation is 9. The summed E-state index contributed by atoms with van der Waals surface area (Å²) in [5, 5.41) is 21.4. The van der Waals surface area contributed by atoms with E-state index in [-0.39, 0.29) is 94.2 Å². The number of sulfone groups is 3. The summed E-state index contributed by atoms with van der Waals surface area (Å²) in [6.07, 6.45) is 13.4. The zero-order valence-corrected chi connectivity index (χ0v) is 58.9. The first kappa shape index (κ1) is 75.0. The van der Waals surface area contributed by atoms with Crippen LogP contribution in [-0.2, 0) is 70.3 Å². The maximum Gasteiger partial charge on any atom is 0.346 e. The fourth-order valence-corrected chi connectivity index (χ4v) is 13.2. The van der Waals surface area contributed by atoms with Crippen molar-refractivity contribution in [2.24, 2.45) is 21.1 Å². The normalized spacial score (nSPS) is 11.4. The van der Waals surface area contributed by atoms with E-state index < -0.39 is 52.1 Å². The lowest BCUT2D eigenvalue weighted by molar-refractivity contribution is 0.0719. The number of aromatic nitrogens is 12. The highest BCUT2D eigenvalue weighted by molar-refractivity contribution is 7.91. The van der Waals surface area contributed by atoms with Gasteiger partial charge in [-0.3, -0.25) is 47.7 Å². The lowest BCUT2D eigenvalue weighted by atomic mass is 10.0. The molecule has 0 saturated heterocycles. The lowest BCUT2D eigenvalue weighted by Crippen LogP contribution is -2.21. The van der Waals surface area contributed by atoms with E-state index >= 15 is 0 Å². The highest BCUT2D eigenvalue weighted by Gasteiger charge is 2.28. The smallest absolute Gasteiger partial charge is 0.346 e. The highest BCUT2D eigenvalue weighted by Crippen LogP contribution is 2.33. The minimum atomic E-state index is -3.60. The van der Waals surface area contributed by atoms with Gasteiger partial charge in [0.05, 0.1) is 84.8 Å². The Bertz CT molecular complexity index is 4640. The molecule has 2 N–H and O–H groups in total. The van der Waals surface area contributed by atoms with Crippen LogP contribution in [0.5, 0.6) is 5.88 Å². The predicted molar refractivity (Wildman–Crippen MR) is 353 cm³/mol. The van der Waals surface area contributed by atoms with E-state index in [0.29, 0.717) is 17.0 Å². The molecule has 6 heterocycles. The van der Waals surface area contributed by atoms with Crippen LogP contribution in [0.4, 0.5) is 0 Å². The van der Waals surface area contributed by atoms with Gasteiger partial charge >= 0.3 is 5.97 Å². The Hall–Kier alpha value is -7.70. The first-order valence-corrected chi connectivity index (χ1v) is 35.2. The highest BCUT2D eigenvalue weighted by atomic mass is 35.5. The molecule has 0 spiro atoms. The fourth-order valence-electron chi connectivity index (χ4n) is 9.15. The third kappa shape index (κ3) is 19.7. The van der Waals surface area contributed by atoms with Gasteiger partial charge in [-0.25, -0.2) is 34.7 Å². The standard InChI is InChI=1S/2C18H19ClN4O4S.C13H12Cl2N2O3S.C6H15N.C5H8N2O/c1-11-8-20-23(9-11)10-14-15(28(4,25)26)6-5-13(17(14)19)18(24)27-16-7-12(2)21-22(16)3;1-10-7-20-23(8-10)9-13-14(28(4,26)27)6-5-12(16(13)19)17(24)15-11(2)21-22(3)18(15)25;1-8-5-16-17(6-8)7-10-11(21(2,19)20)4-3-9(12(10)14)13(15)18;1-4-7(5-2)6-3;1-4-3-5(8)7(2)6-4/h5-9H,10H2,1-4H3;5-8,21H,9H2,1-4H3;3-6H,7H2,1-2H3;4-6H2,1-3H3;3,6H,1-2H3. The van der Waals surface area contributed by atoms with Crippen molar-refractivity contribution < 1.29 is 44.4 Å². The third-order valence-electron chi connectivity index (χ3n) is 13.7. The van der Waals surface area contributed by atoms with Crippen molar-refractivity contribution >= 4 is 92.9 Å². The molecule has 0 atom stereocenters. The van der Waals surface area contributed by atoms with Crippen molar-refractivity contribution in [3.05, 3.63) is 194 Å². The van der Waals surface area contributed by atoms with E-state index in [9.17, 15) is 49.2 Å². The average molecular weight is 1410 g/mol. The molecule has 0 bridgehead atoms. The van der Waals surface area contributed by atoms with Crippen LogP contribution >= 0.6 is 46.4 Å². The minimum Gasteiger partial charge on any atom is -0.404 e. The van der Waals surface area contributed by atoms with Crippen LogP contribution in [0.15, 0.2) is 110 Å². The molecule has 25 nitrogen and oxygen atoms in total. The number of carbonyl (C=O) groups excluding carboxylic acids is 3. The number of aromatic amines is 2. The van der Waals surface area contributed by atoms with Crippen molar-refractivity contribution in [1.82, 2.24) is 63.6 Å². The molecule has 9 aromatic rings. The Morgan fingerprint density at radius 1 is 0.565 bits per heavy atom. The number of hydrogen-bond donors (Lipinski definition) is 2. The SMILES string of the molecule is CCN(CC)CC.Cc1cc(=O)n(C)[nH]1.Cc1cnn(Cc2c(S(C)(=O)=O)ccc(C(=O)Cl)c2Cl)c1.Cc1cnn(Cc2c(S(C)(=O)=O)ccc(C(=O)Oc3cc(C)nn3C)c2Cl)c1.Cc1cnn(Cc2c(S(C)(=O)=O)ccc(C(=O)c3c(C)[nH]n(C)c3=O)c2Cl)c1. The number of hydrogen-bond acceptors (Lipinski definition) is 17. The number of nitrogens with one attached hydrogen (secondary N) is 2. The molecule has 92 heavy (non-hydrogen) atoms. The van der Waals surface area contributed by atoms with Crippen molar-refractivity contribution in [3.8, 4) is 5.88 Å². The largest absolute Gasteiger partial charge is 0.404 e. The second-order valence-corrected chi connectivity index (χ2v) is 28.8. The Morgan fingerprint density at radius 3 is 1.24 bits per heavy atom. The van der Waals surface area contributed by atoms with E-state index in [2.05, 4.69) is 56.3 Å². The molecular formula is C60H73Cl4N13O12S3. The molecule has 3 aromatic carbocycles. The molecule has 6 aromatic heterocycles. The second-order valence-electron chi connectivity index (χ2n) is 21.3. The molecule has 0 fully saturated rings. The molecule has 496 valence electrons. The van der Waals surface area contributed by atoms with E-state index in [1.165, 1.54) is 77.1 Å². The number of carbonyl (C=O) groups is 3. The van der Waals surface area contributed by atoms with Crippen molar-refractivity contribution in [3.63, 3.8) is 0 Å². The zero-order chi connectivity index (χ0) is 69.1. The summed E-state index contributed by atoms with van der Waals surface area (Å²) in [6.45, 7) is 21.2. The minimum absolute atomic E-state index is 0.0104. The number of rotatable bonds is 17. The molecule has 32 heteroatoms. The number of ketones is 1. The number of nitrogens with zero attached hydrogens (tertiary/aromatic N) is 11. The molecule has 0 saturated carbocycles. The summed E-state index contributed by atoms with van der Waals surface area (Å²) in [5.74, 6) is -1.01. The number of benzene rings is 3. The summed E-state index contributed by atoms with van der Waals surface area (Å²) in [6, 6.07) is 11.2. The van der Waals surface area contributed by atoms with Gasteiger partial charge in [-0.2, -0.15) is 20.4 Å². The molecule has 0 aliphatic heterocycles. The van der Waals surface area contributed by atoms with Gasteiger partial charge in [-0.15, -0.1) is 0 Å². The zero-order valence-electron chi connectivity index (χ0n) is 53.4. The van der Waals surface area contributed by atoms with E-state index in [1.54, 1.807) is 91.3 Å². The van der Waals surface area contributed by atoms with Crippen LogP contribution in [-0.4, -0.2) is 144 Å². The summed E-state index contributed by atoms with van der Waals surface area (Å²) < 4.78 is 86.7. The van der Waals surface area contributed by atoms with E-state index in [4.69, 9.17) is 51.1 Å². The monoisotopic (exact) mass is 1400 g/mol. The molecule has 0 radical (unpaired) electrons. The van der Waals surface area contributed by atoms with Gasteiger partial charge in [0, 0.05) is 104 Å². The van der Waals surface area contributed by atoms with Crippen molar-refractivity contribution in [1.29, 1.82) is 0 Å². The van der Waals surface area contributed by atoms with Crippen LogP contribution in [0.2, 0.25) is 15.1 Å². The first-order valence-electron chi connectivity index (χ1n) is 28.0. The molecule has 0 unspecified atom stereocenters. The van der Waals surface area contributed by atoms with Crippen LogP contribution in [0.1, 0.15) is 108 Å². The Morgan fingerprint density at radius 2 is 0.957 bits per heavy atom. The predicted octanol–water partition coefficient (Wildman–Crippen LogP) is 8.47. The number of H-pyrrole nitrogens is 2. The third-order valence-corrected chi connectivity index (χ3v) is 18.7. The van der Waals surface area contributed by atoms with Gasteiger partial charge in [-0.1, -0.05) is 55.6 Å². The van der Waals surface area contributed by atoms with Crippen molar-refractivity contribution in [2.45, 2.75) is 96.6 Å².